The van der Waals surface area contributed by atoms with Crippen LogP contribution in [-0.4, -0.2) is 43.2 Å². The quantitative estimate of drug-likeness (QED) is 0.337. The number of H-pyrrole nitrogens is 1. The summed E-state index contributed by atoms with van der Waals surface area (Å²) in [7, 11) is 0. The highest BCUT2D eigenvalue weighted by Gasteiger charge is 2.29. The molecule has 0 saturated carbocycles. The van der Waals surface area contributed by atoms with E-state index >= 15 is 0 Å². The summed E-state index contributed by atoms with van der Waals surface area (Å²) < 4.78 is 3.07. The van der Waals surface area contributed by atoms with E-state index in [1.54, 1.807) is 17.5 Å². The fourth-order valence-electron chi connectivity index (χ4n) is 4.72. The van der Waals surface area contributed by atoms with Crippen molar-refractivity contribution in [2.75, 3.05) is 18.8 Å². The second-order valence-electron chi connectivity index (χ2n) is 8.32. The van der Waals surface area contributed by atoms with E-state index in [1.165, 1.54) is 0 Å². The van der Waals surface area contributed by atoms with Gasteiger partial charge in [0.2, 0.25) is 0 Å². The van der Waals surface area contributed by atoms with Crippen LogP contribution in [0, 0.1) is 0 Å². The van der Waals surface area contributed by atoms with E-state index in [9.17, 15) is 4.79 Å². The summed E-state index contributed by atoms with van der Waals surface area (Å²) in [5, 5.41) is 4.96. The molecule has 5 heterocycles. The van der Waals surface area contributed by atoms with Gasteiger partial charge in [-0.3, -0.25) is 9.20 Å². The van der Waals surface area contributed by atoms with Crippen molar-refractivity contribution in [3.05, 3.63) is 69.3 Å². The molecule has 0 unspecified atom stereocenters. The maximum atomic E-state index is 12.7. The number of likely N-dealkylation sites (tertiary alicyclic amines) is 1. The Hall–Kier alpha value is -3.17. The third-order valence-corrected chi connectivity index (χ3v) is 7.73. The van der Waals surface area contributed by atoms with Crippen molar-refractivity contribution in [3.63, 3.8) is 0 Å². The van der Waals surface area contributed by atoms with Gasteiger partial charge >= 0.3 is 0 Å². The Morgan fingerprint density at radius 2 is 2.09 bits per heavy atom. The molecule has 1 saturated heterocycles. The Morgan fingerprint density at radius 3 is 2.85 bits per heavy atom. The predicted molar refractivity (Wildman–Crippen MR) is 135 cm³/mol. The summed E-state index contributed by atoms with van der Waals surface area (Å²) in [5.74, 6) is 1.76. The minimum absolute atomic E-state index is 0.112. The van der Waals surface area contributed by atoms with E-state index in [2.05, 4.69) is 42.4 Å². The average Bonchev–Trinajstić information content (AvgIpc) is 3.58. The first-order valence-electron chi connectivity index (χ1n) is 10.8. The Kier molecular flexibility index (Phi) is 4.95. The Labute approximate surface area is 202 Å². The smallest absolute Gasteiger partial charge is 0.254 e. The van der Waals surface area contributed by atoms with Gasteiger partial charge in [-0.05, 0) is 52.4 Å². The molecule has 1 fully saturated rings. The molecule has 0 spiro atoms. The topological polar surface area (TPSA) is 92.3 Å². The predicted octanol–water partition coefficient (Wildman–Crippen LogP) is 5.30. The monoisotopic (exact) mass is 520 g/mol. The van der Waals surface area contributed by atoms with Crippen LogP contribution in [0.2, 0.25) is 0 Å². The van der Waals surface area contributed by atoms with E-state index in [0.29, 0.717) is 18.9 Å². The van der Waals surface area contributed by atoms with Gasteiger partial charge in [-0.2, -0.15) is 11.3 Å². The van der Waals surface area contributed by atoms with Crippen molar-refractivity contribution in [2.45, 2.75) is 18.8 Å². The average molecular weight is 521 g/mol. The molecule has 1 aromatic carbocycles. The van der Waals surface area contributed by atoms with Crippen LogP contribution in [0.3, 0.4) is 0 Å². The molecule has 1 amide bonds. The number of thiophene rings is 1. The number of para-hydroxylation sites is 1. The molecular formula is C24H21BrN6OS. The summed E-state index contributed by atoms with van der Waals surface area (Å²) >= 11 is 5.17. The number of nitrogens with zero attached hydrogens (tertiary/aromatic N) is 4. The third-order valence-electron chi connectivity index (χ3n) is 6.39. The number of aromatic nitrogens is 4. The number of hydrogen-bond acceptors (Lipinski definition) is 5. The van der Waals surface area contributed by atoms with Crippen molar-refractivity contribution in [2.24, 2.45) is 0 Å². The first-order valence-corrected chi connectivity index (χ1v) is 12.6. The summed E-state index contributed by atoms with van der Waals surface area (Å²) in [6.45, 7) is 1.42. The van der Waals surface area contributed by atoms with Crippen LogP contribution in [0.4, 0.5) is 5.82 Å². The fourth-order valence-corrected chi connectivity index (χ4v) is 5.83. The zero-order valence-electron chi connectivity index (χ0n) is 17.7. The molecule has 1 aliphatic rings. The largest absolute Gasteiger partial charge is 0.382 e. The molecule has 0 atom stereocenters. The SMILES string of the molecule is Nc1nccn2c(C3CCN(C(=O)c4ccsc4)CC3)nc(-c3cc4cccc(Br)c4[nH]3)c12. The van der Waals surface area contributed by atoms with E-state index in [0.717, 1.165) is 56.5 Å². The lowest BCUT2D eigenvalue weighted by Crippen LogP contribution is -2.38. The molecule has 166 valence electrons. The lowest BCUT2D eigenvalue weighted by atomic mass is 9.95. The molecule has 6 rings (SSSR count). The second-order valence-corrected chi connectivity index (χ2v) is 9.95. The number of carbonyl (C=O) groups is 1. The first kappa shape index (κ1) is 20.4. The molecule has 5 aromatic rings. The highest BCUT2D eigenvalue weighted by molar-refractivity contribution is 9.10. The lowest BCUT2D eigenvalue weighted by molar-refractivity contribution is 0.0711. The van der Waals surface area contributed by atoms with Crippen molar-refractivity contribution in [1.82, 2.24) is 24.3 Å². The van der Waals surface area contributed by atoms with Gasteiger partial charge in [0, 0.05) is 46.6 Å². The molecule has 0 aliphatic carbocycles. The number of anilines is 1. The van der Waals surface area contributed by atoms with Crippen molar-refractivity contribution in [1.29, 1.82) is 0 Å². The number of piperidine rings is 1. The van der Waals surface area contributed by atoms with E-state index in [1.807, 2.05) is 40.1 Å². The van der Waals surface area contributed by atoms with E-state index < -0.39 is 0 Å². The Balaban J connectivity index is 1.36. The number of halogens is 1. The molecule has 7 nitrogen and oxygen atoms in total. The fraction of sp³-hybridized carbons (Fsp3) is 0.208. The standard InChI is InChI=1S/C24H21BrN6OS/c25-17-3-1-2-15-12-18(28-19(15)17)20-21-22(26)27-7-10-31(21)23(29-20)14-4-8-30(9-5-14)24(32)16-6-11-33-13-16/h1-3,6-7,10-14,28H,4-5,8-9H2,(H2,26,27). The molecule has 4 aromatic heterocycles. The van der Waals surface area contributed by atoms with Gasteiger partial charge in [0.1, 0.15) is 22.9 Å². The second kappa shape index (κ2) is 8.00. The van der Waals surface area contributed by atoms with Crippen molar-refractivity contribution >= 4 is 55.4 Å². The number of aromatic amines is 1. The van der Waals surface area contributed by atoms with Gasteiger partial charge in [0.05, 0.1) is 16.8 Å². The van der Waals surface area contributed by atoms with Gasteiger partial charge in [0.15, 0.2) is 0 Å². The first-order chi connectivity index (χ1) is 16.1. The minimum atomic E-state index is 0.112. The molecule has 0 radical (unpaired) electrons. The van der Waals surface area contributed by atoms with Crippen LogP contribution < -0.4 is 5.73 Å². The number of carbonyl (C=O) groups excluding carboxylic acids is 1. The third kappa shape index (κ3) is 3.43. The number of benzene rings is 1. The minimum Gasteiger partial charge on any atom is -0.382 e. The summed E-state index contributed by atoms with van der Waals surface area (Å²) in [6, 6.07) is 10.1. The van der Waals surface area contributed by atoms with Gasteiger partial charge in [0.25, 0.3) is 5.91 Å². The molecule has 33 heavy (non-hydrogen) atoms. The zero-order chi connectivity index (χ0) is 22.5. The van der Waals surface area contributed by atoms with Gasteiger partial charge in [-0.25, -0.2) is 9.97 Å². The summed E-state index contributed by atoms with van der Waals surface area (Å²) in [6.07, 6.45) is 5.36. The molecule has 9 heteroatoms. The number of hydrogen-bond donors (Lipinski definition) is 2. The highest BCUT2D eigenvalue weighted by atomic mass is 79.9. The maximum Gasteiger partial charge on any atom is 0.254 e. The number of amides is 1. The number of imidazole rings is 1. The Morgan fingerprint density at radius 1 is 1.24 bits per heavy atom. The summed E-state index contributed by atoms with van der Waals surface area (Å²) in [4.78, 5) is 27.6. The van der Waals surface area contributed by atoms with Crippen LogP contribution in [-0.2, 0) is 0 Å². The molecular weight excluding hydrogens is 500 g/mol. The Bertz CT molecular complexity index is 1480. The van der Waals surface area contributed by atoms with Crippen LogP contribution in [0.1, 0.15) is 34.9 Å². The van der Waals surface area contributed by atoms with Crippen LogP contribution in [0.15, 0.2) is 58.0 Å². The van der Waals surface area contributed by atoms with Crippen molar-refractivity contribution in [3.8, 4) is 11.4 Å². The summed E-state index contributed by atoms with van der Waals surface area (Å²) in [5.41, 5.74) is 10.7. The molecule has 0 bridgehead atoms. The maximum absolute atomic E-state index is 12.7. The van der Waals surface area contributed by atoms with Gasteiger partial charge in [-0.15, -0.1) is 0 Å². The number of fused-ring (bicyclic) bond motifs is 2. The molecule has 3 N–H and O–H groups in total. The number of nitrogen functional groups attached to an aromatic ring is 1. The van der Waals surface area contributed by atoms with Gasteiger partial charge in [-0.1, -0.05) is 12.1 Å². The van der Waals surface area contributed by atoms with Crippen molar-refractivity contribution < 1.29 is 4.79 Å². The number of nitrogens with one attached hydrogen (secondary N) is 1. The van der Waals surface area contributed by atoms with E-state index in [4.69, 9.17) is 10.7 Å². The molecule has 1 aliphatic heterocycles. The van der Waals surface area contributed by atoms with Gasteiger partial charge < -0.3 is 15.6 Å². The van der Waals surface area contributed by atoms with Crippen LogP contribution in [0.5, 0.6) is 0 Å². The number of rotatable bonds is 3. The number of nitrogens with two attached hydrogens (primary N) is 1. The lowest BCUT2D eigenvalue weighted by Gasteiger charge is -2.31. The normalized spacial score (nSPS) is 15.0. The van der Waals surface area contributed by atoms with Crippen LogP contribution in [0.25, 0.3) is 27.8 Å². The van der Waals surface area contributed by atoms with Crippen LogP contribution >= 0.6 is 27.3 Å². The zero-order valence-corrected chi connectivity index (χ0v) is 20.1. The van der Waals surface area contributed by atoms with E-state index in [-0.39, 0.29) is 11.8 Å². The highest BCUT2D eigenvalue weighted by Crippen LogP contribution is 2.36.